The van der Waals surface area contributed by atoms with E-state index in [2.05, 4.69) is 4.72 Å². The third-order valence-corrected chi connectivity index (χ3v) is 5.17. The summed E-state index contributed by atoms with van der Waals surface area (Å²) in [6, 6.07) is 9.08. The molecule has 0 saturated heterocycles. The molecule has 1 fully saturated rings. The topological polar surface area (TPSA) is 63.2 Å². The maximum atomic E-state index is 12.3. The molecular weight excluding hydrogens is 310 g/mol. The van der Waals surface area contributed by atoms with Crippen LogP contribution < -0.4 is 4.72 Å². The summed E-state index contributed by atoms with van der Waals surface area (Å²) in [6.45, 7) is 7.91. The lowest BCUT2D eigenvalue weighted by atomic mass is 10.1. The Hall–Kier alpha value is -1.88. The monoisotopic (exact) mass is 333 g/mol. The highest BCUT2D eigenvalue weighted by Gasteiger charge is 2.60. The summed E-state index contributed by atoms with van der Waals surface area (Å²) in [6.07, 6.45) is 3.51. The lowest BCUT2D eigenvalue weighted by Gasteiger charge is -2.04. The van der Waals surface area contributed by atoms with E-state index in [9.17, 15) is 13.2 Å². The number of allylic oxidation sites excluding steroid dienone is 2. The number of benzene rings is 1. The number of carbonyl (C=O) groups is 1. The number of rotatable bonds is 5. The molecular formula is C18H23NO3S. The molecule has 23 heavy (non-hydrogen) atoms. The Labute approximate surface area is 138 Å². The van der Waals surface area contributed by atoms with Gasteiger partial charge in [0.1, 0.15) is 0 Å². The molecule has 1 aromatic rings. The molecule has 1 saturated carbocycles. The molecule has 0 bridgehead atoms. The van der Waals surface area contributed by atoms with Gasteiger partial charge in [0.2, 0.25) is 5.91 Å². The molecule has 124 valence electrons. The molecule has 1 aliphatic rings. The van der Waals surface area contributed by atoms with E-state index in [0.717, 1.165) is 16.5 Å². The summed E-state index contributed by atoms with van der Waals surface area (Å²) in [5.41, 5.74) is 1.68. The molecule has 1 amide bonds. The predicted octanol–water partition coefficient (Wildman–Crippen LogP) is 3.34. The second kappa shape index (κ2) is 6.32. The number of sulfonamides is 1. The van der Waals surface area contributed by atoms with Gasteiger partial charge in [-0.25, -0.2) is 13.1 Å². The molecule has 2 rings (SSSR count). The number of amides is 1. The van der Waals surface area contributed by atoms with Gasteiger partial charge >= 0.3 is 0 Å². The molecule has 2 unspecified atom stereocenters. The Kier molecular flexibility index (Phi) is 4.80. The minimum Gasteiger partial charge on any atom is -0.274 e. The van der Waals surface area contributed by atoms with Crippen LogP contribution in [0.1, 0.15) is 33.3 Å². The smallest absolute Gasteiger partial charge is 0.257 e. The fourth-order valence-corrected chi connectivity index (χ4v) is 3.63. The van der Waals surface area contributed by atoms with Crippen molar-refractivity contribution in [3.8, 4) is 0 Å². The first-order valence-electron chi connectivity index (χ1n) is 7.58. The zero-order valence-electron chi connectivity index (χ0n) is 13.9. The van der Waals surface area contributed by atoms with Gasteiger partial charge in [-0.1, -0.05) is 55.8 Å². The van der Waals surface area contributed by atoms with E-state index >= 15 is 0 Å². The Morgan fingerprint density at radius 2 is 1.78 bits per heavy atom. The average Bonchev–Trinajstić information content (AvgIpc) is 2.97. The number of nitrogens with one attached hydrogen (secondary N) is 1. The molecule has 5 heteroatoms. The van der Waals surface area contributed by atoms with Gasteiger partial charge in [-0.2, -0.15) is 0 Å². The van der Waals surface area contributed by atoms with E-state index in [1.54, 1.807) is 12.1 Å². The van der Waals surface area contributed by atoms with Crippen LogP contribution in [0.25, 0.3) is 6.08 Å². The van der Waals surface area contributed by atoms with Crippen molar-refractivity contribution < 1.29 is 13.2 Å². The van der Waals surface area contributed by atoms with E-state index in [1.165, 1.54) is 6.08 Å². The van der Waals surface area contributed by atoms with Gasteiger partial charge in [0.25, 0.3) is 10.0 Å². The molecule has 0 radical (unpaired) electrons. The van der Waals surface area contributed by atoms with Crippen molar-refractivity contribution in [1.29, 1.82) is 0 Å². The lowest BCUT2D eigenvalue weighted by molar-refractivity contribution is -0.121. The molecule has 4 nitrogen and oxygen atoms in total. The molecule has 1 aliphatic carbocycles. The predicted molar refractivity (Wildman–Crippen MR) is 92.7 cm³/mol. The van der Waals surface area contributed by atoms with Crippen LogP contribution in [0.4, 0.5) is 0 Å². The second-order valence-electron chi connectivity index (χ2n) is 6.79. The second-order valence-corrected chi connectivity index (χ2v) is 8.36. The van der Waals surface area contributed by atoms with E-state index in [0.29, 0.717) is 0 Å². The first-order valence-corrected chi connectivity index (χ1v) is 9.13. The van der Waals surface area contributed by atoms with Crippen LogP contribution >= 0.6 is 0 Å². The summed E-state index contributed by atoms with van der Waals surface area (Å²) >= 11 is 0. The van der Waals surface area contributed by atoms with Crippen molar-refractivity contribution in [1.82, 2.24) is 4.72 Å². The van der Waals surface area contributed by atoms with Crippen LogP contribution in [0, 0.1) is 17.3 Å². The average molecular weight is 333 g/mol. The largest absolute Gasteiger partial charge is 0.274 e. The summed E-state index contributed by atoms with van der Waals surface area (Å²) < 4.78 is 26.3. The van der Waals surface area contributed by atoms with Gasteiger partial charge in [0.05, 0.1) is 11.3 Å². The highest BCUT2D eigenvalue weighted by Crippen LogP contribution is 2.59. The zero-order valence-corrected chi connectivity index (χ0v) is 14.7. The minimum atomic E-state index is -3.79. The molecule has 1 N–H and O–H groups in total. The molecule has 0 heterocycles. The van der Waals surface area contributed by atoms with E-state index in [1.807, 2.05) is 52.0 Å². The van der Waals surface area contributed by atoms with E-state index in [-0.39, 0.29) is 17.3 Å². The van der Waals surface area contributed by atoms with Crippen LogP contribution in [0.3, 0.4) is 0 Å². The summed E-state index contributed by atoms with van der Waals surface area (Å²) in [4.78, 5) is 12.3. The van der Waals surface area contributed by atoms with Crippen molar-refractivity contribution in [2.24, 2.45) is 17.3 Å². The first kappa shape index (κ1) is 17.5. The van der Waals surface area contributed by atoms with Crippen molar-refractivity contribution in [3.05, 3.63) is 53.0 Å². The highest BCUT2D eigenvalue weighted by molar-refractivity contribution is 7.93. The van der Waals surface area contributed by atoms with Crippen LogP contribution in [0.2, 0.25) is 0 Å². The number of carbonyl (C=O) groups excluding carboxylic acids is 1. The van der Waals surface area contributed by atoms with Crippen molar-refractivity contribution in [2.45, 2.75) is 27.7 Å². The number of hydrogen-bond acceptors (Lipinski definition) is 3. The lowest BCUT2D eigenvalue weighted by Crippen LogP contribution is -2.31. The molecule has 0 spiro atoms. The van der Waals surface area contributed by atoms with Crippen molar-refractivity contribution in [3.63, 3.8) is 0 Å². The van der Waals surface area contributed by atoms with Crippen LogP contribution in [0.5, 0.6) is 0 Å². The van der Waals surface area contributed by atoms with E-state index < -0.39 is 15.9 Å². The van der Waals surface area contributed by atoms with Crippen LogP contribution in [-0.2, 0) is 14.8 Å². The van der Waals surface area contributed by atoms with Crippen molar-refractivity contribution in [2.75, 3.05) is 0 Å². The highest BCUT2D eigenvalue weighted by atomic mass is 32.2. The fourth-order valence-electron chi connectivity index (χ4n) is 2.82. The van der Waals surface area contributed by atoms with Gasteiger partial charge < -0.3 is 0 Å². The summed E-state index contributed by atoms with van der Waals surface area (Å²) in [5.74, 6) is -0.659. The zero-order chi connectivity index (χ0) is 17.3. The first-order chi connectivity index (χ1) is 10.6. The fraction of sp³-hybridized carbons (Fsp3) is 0.389. The SMILES string of the molecule is CC(C)=CC1C(C(=O)NS(=O)(=O)/C=C/c2ccccc2)C1(C)C. The van der Waals surface area contributed by atoms with Crippen LogP contribution in [0.15, 0.2) is 47.4 Å². The Morgan fingerprint density at radius 3 is 2.35 bits per heavy atom. The van der Waals surface area contributed by atoms with Gasteiger partial charge in [-0.05, 0) is 36.8 Å². The van der Waals surface area contributed by atoms with Gasteiger partial charge in [0, 0.05) is 0 Å². The third kappa shape index (κ3) is 4.32. The van der Waals surface area contributed by atoms with E-state index in [4.69, 9.17) is 0 Å². The van der Waals surface area contributed by atoms with Gasteiger partial charge in [0.15, 0.2) is 0 Å². The number of hydrogen-bond donors (Lipinski definition) is 1. The standard InChI is InChI=1S/C18H23NO3S/c1-13(2)12-15-16(18(15,3)4)17(20)19-23(21,22)11-10-14-8-6-5-7-9-14/h5-12,15-16H,1-4H3,(H,19,20)/b11-10+. The van der Waals surface area contributed by atoms with Gasteiger partial charge in [-0.3, -0.25) is 4.79 Å². The van der Waals surface area contributed by atoms with Crippen molar-refractivity contribution >= 4 is 22.0 Å². The summed E-state index contributed by atoms with van der Waals surface area (Å²) in [7, 11) is -3.79. The Bertz CT molecular complexity index is 742. The Morgan fingerprint density at radius 1 is 1.17 bits per heavy atom. The molecule has 1 aromatic carbocycles. The third-order valence-electron chi connectivity index (χ3n) is 4.19. The molecule has 0 aromatic heterocycles. The molecule has 2 atom stereocenters. The maximum Gasteiger partial charge on any atom is 0.257 e. The normalized spacial score (nSPS) is 22.6. The Balaban J connectivity index is 2.05. The quantitative estimate of drug-likeness (QED) is 0.841. The van der Waals surface area contributed by atoms with Gasteiger partial charge in [-0.15, -0.1) is 0 Å². The van der Waals surface area contributed by atoms with Crippen LogP contribution in [-0.4, -0.2) is 14.3 Å². The summed E-state index contributed by atoms with van der Waals surface area (Å²) in [5, 5.41) is 1.03. The minimum absolute atomic E-state index is 0.0841. The maximum absolute atomic E-state index is 12.3. The molecule has 0 aliphatic heterocycles.